The number of hydrogen-bond donors (Lipinski definition) is 2. The molecule has 2 N–H and O–H groups in total. The van der Waals surface area contributed by atoms with Crippen LogP contribution in [0.25, 0.3) is 0 Å². The molecule has 0 bridgehead atoms. The van der Waals surface area contributed by atoms with E-state index in [0.29, 0.717) is 24.5 Å². The zero-order valence-electron chi connectivity index (χ0n) is 19.3. The van der Waals surface area contributed by atoms with Crippen LogP contribution in [-0.4, -0.2) is 54.5 Å². The van der Waals surface area contributed by atoms with Crippen molar-refractivity contribution in [2.75, 3.05) is 42.9 Å². The van der Waals surface area contributed by atoms with Gasteiger partial charge < -0.3 is 25.2 Å². The van der Waals surface area contributed by atoms with E-state index in [9.17, 15) is 14.0 Å². The van der Waals surface area contributed by atoms with E-state index in [0.717, 1.165) is 24.5 Å². The minimum Gasteiger partial charge on any atom is -0.489 e. The maximum absolute atomic E-state index is 13.0. The van der Waals surface area contributed by atoms with Gasteiger partial charge in [0.2, 0.25) is 5.91 Å². The average molecular weight is 478 g/mol. The van der Waals surface area contributed by atoms with Gasteiger partial charge in [-0.25, -0.2) is 14.2 Å². The summed E-state index contributed by atoms with van der Waals surface area (Å²) >= 11 is 0. The zero-order chi connectivity index (χ0) is 24.5. The fourth-order valence-corrected chi connectivity index (χ4v) is 3.75. The van der Waals surface area contributed by atoms with Gasteiger partial charge in [-0.2, -0.15) is 0 Å². The number of aromatic nitrogens is 1. The summed E-state index contributed by atoms with van der Waals surface area (Å²) in [7, 11) is 0. The van der Waals surface area contributed by atoms with E-state index in [1.807, 2.05) is 23.1 Å². The van der Waals surface area contributed by atoms with Gasteiger partial charge in [-0.15, -0.1) is 0 Å². The predicted octanol–water partition coefficient (Wildman–Crippen LogP) is 3.66. The molecular weight excluding hydrogens is 449 g/mol. The van der Waals surface area contributed by atoms with Gasteiger partial charge >= 0.3 is 6.03 Å². The molecule has 2 aromatic carbocycles. The van der Waals surface area contributed by atoms with E-state index in [4.69, 9.17) is 4.74 Å². The fraction of sp³-hybridized carbons (Fsp3) is 0.269. The van der Waals surface area contributed by atoms with Crippen LogP contribution < -0.4 is 20.3 Å². The van der Waals surface area contributed by atoms with Crippen molar-refractivity contribution in [2.45, 2.75) is 13.0 Å². The van der Waals surface area contributed by atoms with Gasteiger partial charge in [0.15, 0.2) is 0 Å². The Hall–Kier alpha value is -4.14. The predicted molar refractivity (Wildman–Crippen MR) is 132 cm³/mol. The van der Waals surface area contributed by atoms with Crippen molar-refractivity contribution in [3.63, 3.8) is 0 Å². The second kappa shape index (κ2) is 11.8. The molecule has 9 heteroatoms. The number of rotatable bonds is 8. The van der Waals surface area contributed by atoms with Crippen molar-refractivity contribution in [1.29, 1.82) is 0 Å². The number of pyridine rings is 1. The number of anilines is 2. The summed E-state index contributed by atoms with van der Waals surface area (Å²) in [5.41, 5.74) is 1.40. The molecule has 0 aliphatic carbocycles. The molecular formula is C26H28FN5O3. The third kappa shape index (κ3) is 7.17. The van der Waals surface area contributed by atoms with Crippen molar-refractivity contribution in [2.24, 2.45) is 0 Å². The zero-order valence-corrected chi connectivity index (χ0v) is 19.3. The van der Waals surface area contributed by atoms with Gasteiger partial charge in [-0.1, -0.05) is 24.3 Å². The van der Waals surface area contributed by atoms with Gasteiger partial charge in [-0.3, -0.25) is 4.79 Å². The third-order valence-corrected chi connectivity index (χ3v) is 5.64. The van der Waals surface area contributed by atoms with Crippen LogP contribution in [0.4, 0.5) is 20.7 Å². The van der Waals surface area contributed by atoms with E-state index in [1.165, 1.54) is 12.1 Å². The lowest BCUT2D eigenvalue weighted by atomic mass is 10.2. The number of urea groups is 1. The molecule has 182 valence electrons. The van der Waals surface area contributed by atoms with Crippen LogP contribution in [0, 0.1) is 5.82 Å². The van der Waals surface area contributed by atoms with Crippen LogP contribution in [0.2, 0.25) is 0 Å². The Morgan fingerprint density at radius 2 is 1.77 bits per heavy atom. The number of amides is 3. The second-order valence-corrected chi connectivity index (χ2v) is 8.13. The minimum absolute atomic E-state index is 0.0159. The number of benzene rings is 2. The van der Waals surface area contributed by atoms with Crippen molar-refractivity contribution < 1.29 is 18.7 Å². The first kappa shape index (κ1) is 24.0. The Morgan fingerprint density at radius 1 is 0.971 bits per heavy atom. The van der Waals surface area contributed by atoms with E-state index in [-0.39, 0.29) is 31.3 Å². The van der Waals surface area contributed by atoms with Crippen molar-refractivity contribution in [3.8, 4) is 5.75 Å². The molecule has 0 radical (unpaired) electrons. The Balaban J connectivity index is 1.16. The topological polar surface area (TPSA) is 86.8 Å². The fourth-order valence-electron chi connectivity index (χ4n) is 3.75. The van der Waals surface area contributed by atoms with Gasteiger partial charge in [-0.05, 0) is 42.0 Å². The molecule has 1 aliphatic heterocycles. The number of carbonyl (C=O) groups is 2. The van der Waals surface area contributed by atoms with Crippen molar-refractivity contribution in [1.82, 2.24) is 15.2 Å². The van der Waals surface area contributed by atoms with E-state index >= 15 is 0 Å². The molecule has 0 unspecified atom stereocenters. The summed E-state index contributed by atoms with van der Waals surface area (Å²) in [5.74, 6) is 1.22. The maximum Gasteiger partial charge on any atom is 0.319 e. The molecule has 0 saturated carbocycles. The van der Waals surface area contributed by atoms with E-state index in [1.54, 1.807) is 42.6 Å². The summed E-state index contributed by atoms with van der Waals surface area (Å²) in [5, 5.41) is 5.47. The Morgan fingerprint density at radius 3 is 2.51 bits per heavy atom. The number of nitrogens with one attached hydrogen (secondary N) is 2. The van der Waals surface area contributed by atoms with Gasteiger partial charge in [0, 0.05) is 57.1 Å². The molecule has 1 saturated heterocycles. The molecule has 3 aromatic rings. The molecule has 2 heterocycles. The number of nitrogens with zero attached hydrogens (tertiary/aromatic N) is 3. The summed E-state index contributed by atoms with van der Waals surface area (Å²) in [6, 6.07) is 18.5. The lowest BCUT2D eigenvalue weighted by molar-refractivity contribution is -0.131. The molecule has 0 spiro atoms. The molecule has 35 heavy (non-hydrogen) atoms. The quantitative estimate of drug-likeness (QED) is 0.517. The smallest absolute Gasteiger partial charge is 0.319 e. The van der Waals surface area contributed by atoms with Gasteiger partial charge in [0.1, 0.15) is 24.0 Å². The van der Waals surface area contributed by atoms with Crippen molar-refractivity contribution >= 4 is 23.4 Å². The highest BCUT2D eigenvalue weighted by molar-refractivity contribution is 5.89. The monoisotopic (exact) mass is 477 g/mol. The van der Waals surface area contributed by atoms with Crippen molar-refractivity contribution in [3.05, 3.63) is 84.3 Å². The highest BCUT2D eigenvalue weighted by Crippen LogP contribution is 2.19. The highest BCUT2D eigenvalue weighted by atomic mass is 19.1. The van der Waals surface area contributed by atoms with Crippen LogP contribution in [0.5, 0.6) is 5.75 Å². The normalized spacial score (nSPS) is 13.3. The first-order valence-electron chi connectivity index (χ1n) is 11.5. The van der Waals surface area contributed by atoms with Crippen LogP contribution in [0.3, 0.4) is 0 Å². The molecule has 8 nitrogen and oxygen atoms in total. The summed E-state index contributed by atoms with van der Waals surface area (Å²) in [6.45, 7) is 3.26. The van der Waals surface area contributed by atoms with Crippen LogP contribution >= 0.6 is 0 Å². The Bertz CT molecular complexity index is 1120. The number of carbonyl (C=O) groups excluding carboxylic acids is 2. The number of ether oxygens (including phenoxy) is 1. The molecule has 0 atom stereocenters. The third-order valence-electron chi connectivity index (χ3n) is 5.64. The molecule has 1 aliphatic rings. The average Bonchev–Trinajstić information content (AvgIpc) is 2.89. The van der Waals surface area contributed by atoms with Gasteiger partial charge in [0.25, 0.3) is 0 Å². The molecule has 4 rings (SSSR count). The van der Waals surface area contributed by atoms with Crippen LogP contribution in [-0.2, 0) is 11.4 Å². The van der Waals surface area contributed by atoms with E-state index < -0.39 is 6.03 Å². The summed E-state index contributed by atoms with van der Waals surface area (Å²) < 4.78 is 18.7. The number of halogens is 1. The summed E-state index contributed by atoms with van der Waals surface area (Å²) in [4.78, 5) is 33.1. The largest absolute Gasteiger partial charge is 0.489 e. The van der Waals surface area contributed by atoms with E-state index in [2.05, 4.69) is 20.5 Å². The first-order valence-corrected chi connectivity index (χ1v) is 11.5. The first-order chi connectivity index (χ1) is 17.1. The lowest BCUT2D eigenvalue weighted by Crippen LogP contribution is -2.49. The highest BCUT2D eigenvalue weighted by Gasteiger charge is 2.21. The number of piperazine rings is 1. The maximum atomic E-state index is 13.0. The SMILES string of the molecule is O=C(NCCC(=O)N1CCN(c2ccccn2)CC1)Nc1cccc(OCc2ccc(F)cc2)c1. The summed E-state index contributed by atoms with van der Waals surface area (Å²) in [6.07, 6.45) is 2.00. The molecule has 1 fully saturated rings. The van der Waals surface area contributed by atoms with Gasteiger partial charge in [0.05, 0.1) is 0 Å². The Labute approximate surface area is 203 Å². The molecule has 3 amide bonds. The molecule has 1 aromatic heterocycles. The van der Waals surface area contributed by atoms with Crippen LogP contribution in [0.15, 0.2) is 72.9 Å². The number of hydrogen-bond acceptors (Lipinski definition) is 5. The Kier molecular flexibility index (Phi) is 8.11. The lowest BCUT2D eigenvalue weighted by Gasteiger charge is -2.35. The second-order valence-electron chi connectivity index (χ2n) is 8.13. The standard InChI is InChI=1S/C26H28FN5O3/c27-21-9-7-20(8-10-21)19-35-23-5-3-4-22(18-23)30-26(34)29-13-11-25(33)32-16-14-31(15-17-32)24-6-1-2-12-28-24/h1-10,12,18H,11,13-17,19H2,(H2,29,30,34). The van der Waals surface area contributed by atoms with Crippen LogP contribution in [0.1, 0.15) is 12.0 Å². The minimum atomic E-state index is -0.395.